The van der Waals surface area contributed by atoms with Crippen LogP contribution in [0.25, 0.3) is 10.6 Å². The minimum absolute atomic E-state index is 0.273. The Morgan fingerprint density at radius 2 is 2.14 bits per heavy atom. The largest absolute Gasteiger partial charge is 0.243 e. The van der Waals surface area contributed by atoms with E-state index in [1.807, 2.05) is 0 Å². The Balaban J connectivity index is 2.51. The van der Waals surface area contributed by atoms with E-state index in [4.69, 9.17) is 6.42 Å². The smallest absolute Gasteiger partial charge is 0.133 e. The molecule has 3 heteroatoms. The highest BCUT2D eigenvalue weighted by Crippen LogP contribution is 2.26. The van der Waals surface area contributed by atoms with Gasteiger partial charge in [-0.3, -0.25) is 0 Å². The van der Waals surface area contributed by atoms with E-state index in [2.05, 4.69) is 10.9 Å². The van der Waals surface area contributed by atoms with Crippen molar-refractivity contribution < 1.29 is 4.39 Å². The first kappa shape index (κ1) is 8.92. The van der Waals surface area contributed by atoms with E-state index < -0.39 is 0 Å². The van der Waals surface area contributed by atoms with Gasteiger partial charge in [0.25, 0.3) is 0 Å². The van der Waals surface area contributed by atoms with E-state index in [-0.39, 0.29) is 5.82 Å². The molecule has 0 spiro atoms. The van der Waals surface area contributed by atoms with Crippen LogP contribution >= 0.6 is 11.3 Å². The van der Waals surface area contributed by atoms with Crippen molar-refractivity contribution >= 4 is 11.3 Å². The molecule has 0 atom stereocenters. The topological polar surface area (TPSA) is 12.9 Å². The second kappa shape index (κ2) is 3.60. The van der Waals surface area contributed by atoms with Gasteiger partial charge in [-0.25, -0.2) is 9.37 Å². The Hall–Kier alpha value is -1.66. The lowest BCUT2D eigenvalue weighted by Gasteiger charge is -1.96. The van der Waals surface area contributed by atoms with Gasteiger partial charge in [-0.05, 0) is 12.1 Å². The fraction of sp³-hybridized carbons (Fsp3) is 0. The molecule has 0 saturated carbocycles. The molecule has 0 aliphatic rings. The molecular formula is C11H6FNS. The molecule has 68 valence electrons. The van der Waals surface area contributed by atoms with E-state index in [9.17, 15) is 4.39 Å². The van der Waals surface area contributed by atoms with Crippen molar-refractivity contribution in [3.63, 3.8) is 0 Å². The summed E-state index contributed by atoms with van der Waals surface area (Å²) in [5.41, 5.74) is 0.499. The van der Waals surface area contributed by atoms with Gasteiger partial charge in [-0.1, -0.05) is 18.1 Å². The third-order valence-corrected chi connectivity index (χ3v) is 2.71. The molecule has 0 unspecified atom stereocenters. The monoisotopic (exact) mass is 203 g/mol. The molecule has 0 N–H and O–H groups in total. The maximum absolute atomic E-state index is 13.3. The molecular weight excluding hydrogens is 197 g/mol. The van der Waals surface area contributed by atoms with Crippen LogP contribution in [-0.2, 0) is 0 Å². The molecule has 1 aromatic heterocycles. The zero-order valence-corrected chi connectivity index (χ0v) is 8.01. The molecule has 1 heterocycles. The van der Waals surface area contributed by atoms with Crippen molar-refractivity contribution in [2.45, 2.75) is 0 Å². The summed E-state index contributed by atoms with van der Waals surface area (Å²) < 4.78 is 13.3. The Bertz CT molecular complexity index is 496. The van der Waals surface area contributed by atoms with Crippen LogP contribution in [0.1, 0.15) is 4.88 Å². The van der Waals surface area contributed by atoms with Gasteiger partial charge in [0.05, 0.1) is 11.1 Å². The van der Waals surface area contributed by atoms with Crippen molar-refractivity contribution in [1.29, 1.82) is 0 Å². The predicted molar refractivity (Wildman–Crippen MR) is 55.4 cm³/mol. The molecule has 0 aliphatic heterocycles. The molecule has 1 nitrogen and oxygen atoms in total. The zero-order valence-electron chi connectivity index (χ0n) is 7.20. The lowest BCUT2D eigenvalue weighted by Crippen LogP contribution is -1.80. The molecule has 2 rings (SSSR count). The number of hydrogen-bond donors (Lipinski definition) is 0. The van der Waals surface area contributed by atoms with Crippen LogP contribution in [0.15, 0.2) is 30.5 Å². The molecule has 14 heavy (non-hydrogen) atoms. The van der Waals surface area contributed by atoms with Gasteiger partial charge in [0.15, 0.2) is 0 Å². The van der Waals surface area contributed by atoms with Crippen molar-refractivity contribution in [1.82, 2.24) is 4.98 Å². The zero-order chi connectivity index (χ0) is 9.97. The van der Waals surface area contributed by atoms with Crippen LogP contribution in [0, 0.1) is 18.2 Å². The average Bonchev–Trinajstić information content (AvgIpc) is 2.67. The van der Waals surface area contributed by atoms with Gasteiger partial charge in [0.1, 0.15) is 10.8 Å². The Morgan fingerprint density at radius 3 is 2.79 bits per heavy atom. The molecule has 0 bridgehead atoms. The summed E-state index contributed by atoms with van der Waals surface area (Å²) in [5, 5.41) is 0.621. The lowest BCUT2D eigenvalue weighted by molar-refractivity contribution is 0.631. The fourth-order valence-corrected chi connectivity index (χ4v) is 1.85. The minimum atomic E-state index is -0.273. The van der Waals surface area contributed by atoms with Crippen molar-refractivity contribution in [3.05, 3.63) is 41.2 Å². The quantitative estimate of drug-likeness (QED) is 0.649. The second-order valence-electron chi connectivity index (χ2n) is 2.65. The van der Waals surface area contributed by atoms with Gasteiger partial charge in [0, 0.05) is 5.56 Å². The van der Waals surface area contributed by atoms with E-state index in [0.717, 1.165) is 0 Å². The number of aromatic nitrogens is 1. The third-order valence-electron chi connectivity index (χ3n) is 1.75. The second-order valence-corrected chi connectivity index (χ2v) is 3.68. The summed E-state index contributed by atoms with van der Waals surface area (Å²) in [6, 6.07) is 6.52. The number of benzene rings is 1. The first-order valence-electron chi connectivity index (χ1n) is 3.98. The number of nitrogens with zero attached hydrogens (tertiary/aromatic N) is 1. The number of thiazole rings is 1. The highest BCUT2D eigenvalue weighted by atomic mass is 32.1. The average molecular weight is 203 g/mol. The highest BCUT2D eigenvalue weighted by molar-refractivity contribution is 7.15. The summed E-state index contributed by atoms with van der Waals surface area (Å²) in [4.78, 5) is 4.77. The minimum Gasteiger partial charge on any atom is -0.243 e. The summed E-state index contributed by atoms with van der Waals surface area (Å²) >= 11 is 1.31. The normalized spacial score (nSPS) is 9.71. The standard InChI is InChI=1S/C11H6FNS/c1-2-8-7-13-11(14-8)9-5-3-4-6-10(9)12/h1,3-7H. The fourth-order valence-electron chi connectivity index (χ4n) is 1.10. The first-order valence-corrected chi connectivity index (χ1v) is 4.80. The Labute approximate surface area is 85.2 Å². The van der Waals surface area contributed by atoms with E-state index in [0.29, 0.717) is 15.4 Å². The van der Waals surface area contributed by atoms with Crippen LogP contribution < -0.4 is 0 Å². The lowest BCUT2D eigenvalue weighted by atomic mass is 10.2. The molecule has 2 aromatic rings. The van der Waals surface area contributed by atoms with Gasteiger partial charge >= 0.3 is 0 Å². The molecule has 0 radical (unpaired) electrons. The summed E-state index contributed by atoms with van der Waals surface area (Å²) in [7, 11) is 0. The molecule has 0 fully saturated rings. The number of terminal acetylenes is 1. The van der Waals surface area contributed by atoms with Crippen LogP contribution in [0.4, 0.5) is 4.39 Å². The number of halogens is 1. The predicted octanol–water partition coefficient (Wildman–Crippen LogP) is 2.93. The summed E-state index contributed by atoms with van der Waals surface area (Å²) in [6.45, 7) is 0. The van der Waals surface area contributed by atoms with Crippen molar-refractivity contribution in [3.8, 4) is 22.9 Å². The van der Waals surface area contributed by atoms with Crippen molar-refractivity contribution in [2.75, 3.05) is 0 Å². The van der Waals surface area contributed by atoms with Crippen LogP contribution in [0.2, 0.25) is 0 Å². The van der Waals surface area contributed by atoms with E-state index in [1.54, 1.807) is 24.4 Å². The molecule has 0 aliphatic carbocycles. The molecule has 1 aromatic carbocycles. The first-order chi connectivity index (χ1) is 6.81. The van der Waals surface area contributed by atoms with E-state index in [1.165, 1.54) is 17.4 Å². The summed E-state index contributed by atoms with van der Waals surface area (Å²) in [5.74, 6) is 2.20. The van der Waals surface area contributed by atoms with E-state index >= 15 is 0 Å². The van der Waals surface area contributed by atoms with Crippen LogP contribution in [-0.4, -0.2) is 4.98 Å². The van der Waals surface area contributed by atoms with Crippen LogP contribution in [0.5, 0.6) is 0 Å². The number of rotatable bonds is 1. The molecule has 0 amide bonds. The maximum atomic E-state index is 13.3. The van der Waals surface area contributed by atoms with Crippen LogP contribution in [0.3, 0.4) is 0 Å². The Kier molecular flexibility index (Phi) is 2.30. The van der Waals surface area contributed by atoms with Gasteiger partial charge in [-0.2, -0.15) is 0 Å². The highest BCUT2D eigenvalue weighted by Gasteiger charge is 2.07. The van der Waals surface area contributed by atoms with Crippen molar-refractivity contribution in [2.24, 2.45) is 0 Å². The van der Waals surface area contributed by atoms with Gasteiger partial charge < -0.3 is 0 Å². The maximum Gasteiger partial charge on any atom is 0.133 e. The van der Waals surface area contributed by atoms with Gasteiger partial charge in [-0.15, -0.1) is 17.8 Å². The number of hydrogen-bond acceptors (Lipinski definition) is 2. The Morgan fingerprint density at radius 1 is 1.36 bits per heavy atom. The third kappa shape index (κ3) is 1.52. The van der Waals surface area contributed by atoms with Gasteiger partial charge in [0.2, 0.25) is 0 Å². The molecule has 0 saturated heterocycles. The SMILES string of the molecule is C#Cc1cnc(-c2ccccc2F)s1. The summed E-state index contributed by atoms with van der Waals surface area (Å²) in [6.07, 6.45) is 6.78.